The molecule has 1 fully saturated rings. The fraction of sp³-hybridized carbons (Fsp3) is 0.471. The van der Waals surface area contributed by atoms with E-state index in [-0.39, 0.29) is 11.8 Å². The van der Waals surface area contributed by atoms with Crippen molar-refractivity contribution in [3.05, 3.63) is 35.2 Å². The molecule has 3 rings (SSSR count). The van der Waals surface area contributed by atoms with Gasteiger partial charge in [-0.05, 0) is 49.6 Å². The van der Waals surface area contributed by atoms with Gasteiger partial charge in [0.05, 0.1) is 0 Å². The Morgan fingerprint density at radius 2 is 2.12 bits per heavy atom. The van der Waals surface area contributed by atoms with E-state index in [2.05, 4.69) is 15.5 Å². The molecule has 1 aromatic carbocycles. The van der Waals surface area contributed by atoms with Crippen molar-refractivity contribution < 1.29 is 9.32 Å². The van der Waals surface area contributed by atoms with Crippen molar-refractivity contribution in [2.75, 3.05) is 13.1 Å². The third-order valence-corrected chi connectivity index (χ3v) is 4.76. The van der Waals surface area contributed by atoms with Crippen LogP contribution in [0.5, 0.6) is 0 Å². The zero-order valence-electron chi connectivity index (χ0n) is 13.4. The van der Waals surface area contributed by atoms with Gasteiger partial charge in [-0.2, -0.15) is 4.98 Å². The van der Waals surface area contributed by atoms with Crippen molar-refractivity contribution in [1.82, 2.24) is 15.5 Å². The lowest BCUT2D eigenvalue weighted by molar-refractivity contribution is -0.125. The van der Waals surface area contributed by atoms with E-state index in [0.29, 0.717) is 42.2 Å². The minimum Gasteiger partial charge on any atom is -0.355 e. The molecule has 1 saturated carbocycles. The van der Waals surface area contributed by atoms with Gasteiger partial charge in [0.1, 0.15) is 0 Å². The average Bonchev–Trinajstić information content (AvgIpc) is 3.24. The number of carbonyl (C=O) groups is 1. The first-order valence-electron chi connectivity index (χ1n) is 8.23. The van der Waals surface area contributed by atoms with Crippen LogP contribution in [0.4, 0.5) is 0 Å². The van der Waals surface area contributed by atoms with Gasteiger partial charge in [0.2, 0.25) is 17.6 Å². The van der Waals surface area contributed by atoms with Crippen molar-refractivity contribution in [1.29, 1.82) is 0 Å². The highest BCUT2D eigenvalue weighted by Crippen LogP contribution is 2.30. The topological polar surface area (TPSA) is 94.0 Å². The molecule has 2 aromatic rings. The van der Waals surface area contributed by atoms with Gasteiger partial charge in [-0.1, -0.05) is 23.2 Å². The standard InChI is InChI=1S/C17H21ClN4O2/c18-13-6-4-11(5-7-13)16-21-15(24-22-16)8-9-20-17(23)14-3-1-2-12(14)10-19/h4-7,12,14H,1-3,8-10,19H2,(H,20,23)/t12-,14-/m1/s1. The summed E-state index contributed by atoms with van der Waals surface area (Å²) in [5.74, 6) is 1.46. The molecule has 0 radical (unpaired) electrons. The van der Waals surface area contributed by atoms with E-state index in [1.54, 1.807) is 12.1 Å². The van der Waals surface area contributed by atoms with Crippen molar-refractivity contribution >= 4 is 17.5 Å². The molecule has 0 unspecified atom stereocenters. The maximum absolute atomic E-state index is 12.2. The van der Waals surface area contributed by atoms with E-state index in [4.69, 9.17) is 21.9 Å². The second-order valence-electron chi connectivity index (χ2n) is 6.09. The number of amides is 1. The summed E-state index contributed by atoms with van der Waals surface area (Å²) >= 11 is 5.86. The zero-order valence-corrected chi connectivity index (χ0v) is 14.1. The van der Waals surface area contributed by atoms with Crippen LogP contribution in [0, 0.1) is 11.8 Å². The first kappa shape index (κ1) is 16.9. The van der Waals surface area contributed by atoms with Gasteiger partial charge in [-0.3, -0.25) is 4.79 Å². The van der Waals surface area contributed by atoms with Crippen LogP contribution in [-0.4, -0.2) is 29.1 Å². The number of nitrogens with one attached hydrogen (secondary N) is 1. The van der Waals surface area contributed by atoms with Gasteiger partial charge < -0.3 is 15.6 Å². The van der Waals surface area contributed by atoms with Gasteiger partial charge in [0.25, 0.3) is 0 Å². The molecule has 3 N–H and O–H groups in total. The lowest BCUT2D eigenvalue weighted by Gasteiger charge is -2.16. The number of benzene rings is 1. The van der Waals surface area contributed by atoms with Crippen molar-refractivity contribution in [2.45, 2.75) is 25.7 Å². The maximum Gasteiger partial charge on any atom is 0.228 e. The molecule has 1 aromatic heterocycles. The van der Waals surface area contributed by atoms with E-state index in [1.165, 1.54) is 0 Å². The van der Waals surface area contributed by atoms with Crippen molar-refractivity contribution in [2.24, 2.45) is 17.6 Å². The first-order valence-corrected chi connectivity index (χ1v) is 8.61. The lowest BCUT2D eigenvalue weighted by atomic mass is 9.95. The highest BCUT2D eigenvalue weighted by Gasteiger charge is 2.31. The Morgan fingerprint density at radius 3 is 2.88 bits per heavy atom. The van der Waals surface area contributed by atoms with Crippen LogP contribution in [0.3, 0.4) is 0 Å². The van der Waals surface area contributed by atoms with E-state index < -0.39 is 0 Å². The Morgan fingerprint density at radius 1 is 1.33 bits per heavy atom. The van der Waals surface area contributed by atoms with Gasteiger partial charge in [0.15, 0.2) is 0 Å². The molecule has 0 saturated heterocycles. The molecule has 128 valence electrons. The first-order chi connectivity index (χ1) is 11.7. The minimum atomic E-state index is 0.0438. The van der Waals surface area contributed by atoms with E-state index in [0.717, 1.165) is 24.8 Å². The molecule has 24 heavy (non-hydrogen) atoms. The summed E-state index contributed by atoms with van der Waals surface area (Å²) in [6.07, 6.45) is 3.55. The third-order valence-electron chi connectivity index (χ3n) is 4.51. The summed E-state index contributed by atoms with van der Waals surface area (Å²) in [5, 5.41) is 7.57. The second kappa shape index (κ2) is 7.77. The number of carbonyl (C=O) groups excluding carboxylic acids is 1. The summed E-state index contributed by atoms with van der Waals surface area (Å²) in [6.45, 7) is 1.06. The summed E-state index contributed by atoms with van der Waals surface area (Å²) in [5.41, 5.74) is 6.57. The van der Waals surface area contributed by atoms with Gasteiger partial charge >= 0.3 is 0 Å². The van der Waals surface area contributed by atoms with Crippen LogP contribution in [0.2, 0.25) is 5.02 Å². The van der Waals surface area contributed by atoms with Crippen LogP contribution in [0.15, 0.2) is 28.8 Å². The normalized spacial score (nSPS) is 20.2. The molecular formula is C17H21ClN4O2. The Bertz CT molecular complexity index is 686. The van der Waals surface area contributed by atoms with Crippen LogP contribution in [-0.2, 0) is 11.2 Å². The number of hydrogen-bond donors (Lipinski definition) is 2. The Balaban J connectivity index is 1.50. The molecular weight excluding hydrogens is 328 g/mol. The fourth-order valence-electron chi connectivity index (χ4n) is 3.16. The molecule has 0 bridgehead atoms. The summed E-state index contributed by atoms with van der Waals surface area (Å²) in [4.78, 5) is 16.6. The minimum absolute atomic E-state index is 0.0438. The smallest absolute Gasteiger partial charge is 0.228 e. The number of halogens is 1. The predicted octanol–water partition coefficient (Wildman–Crippen LogP) is 2.42. The lowest BCUT2D eigenvalue weighted by Crippen LogP contribution is -2.36. The Labute approximate surface area is 145 Å². The van der Waals surface area contributed by atoms with Crippen LogP contribution >= 0.6 is 11.6 Å². The average molecular weight is 349 g/mol. The van der Waals surface area contributed by atoms with Crippen LogP contribution in [0.25, 0.3) is 11.4 Å². The predicted molar refractivity (Wildman–Crippen MR) is 91.3 cm³/mol. The quantitative estimate of drug-likeness (QED) is 0.836. The maximum atomic E-state index is 12.2. The molecule has 7 heteroatoms. The van der Waals surface area contributed by atoms with Gasteiger partial charge in [-0.25, -0.2) is 0 Å². The van der Waals surface area contributed by atoms with Gasteiger partial charge in [-0.15, -0.1) is 0 Å². The van der Waals surface area contributed by atoms with E-state index in [1.807, 2.05) is 12.1 Å². The molecule has 6 nitrogen and oxygen atoms in total. The molecule has 1 aliphatic rings. The van der Waals surface area contributed by atoms with Crippen molar-refractivity contribution in [3.8, 4) is 11.4 Å². The third kappa shape index (κ3) is 3.94. The highest BCUT2D eigenvalue weighted by atomic mass is 35.5. The molecule has 1 amide bonds. The molecule has 1 heterocycles. The van der Waals surface area contributed by atoms with E-state index >= 15 is 0 Å². The molecule has 0 aliphatic heterocycles. The Kier molecular flexibility index (Phi) is 5.48. The highest BCUT2D eigenvalue weighted by molar-refractivity contribution is 6.30. The fourth-order valence-corrected chi connectivity index (χ4v) is 3.29. The number of nitrogens with two attached hydrogens (primary N) is 1. The summed E-state index contributed by atoms with van der Waals surface area (Å²) < 4.78 is 5.23. The number of nitrogens with zero attached hydrogens (tertiary/aromatic N) is 2. The number of aromatic nitrogens is 2. The SMILES string of the molecule is NC[C@H]1CCC[C@H]1C(=O)NCCc1nc(-c2ccc(Cl)cc2)no1. The van der Waals surface area contributed by atoms with Crippen molar-refractivity contribution in [3.63, 3.8) is 0 Å². The molecule has 1 aliphatic carbocycles. The number of rotatable bonds is 6. The van der Waals surface area contributed by atoms with Gasteiger partial charge in [0, 0.05) is 29.5 Å². The molecule has 0 spiro atoms. The van der Waals surface area contributed by atoms with Crippen LogP contribution in [0.1, 0.15) is 25.2 Å². The van der Waals surface area contributed by atoms with Crippen LogP contribution < -0.4 is 11.1 Å². The zero-order chi connectivity index (χ0) is 16.9. The monoisotopic (exact) mass is 348 g/mol. The number of hydrogen-bond acceptors (Lipinski definition) is 5. The van der Waals surface area contributed by atoms with E-state index in [9.17, 15) is 4.79 Å². The summed E-state index contributed by atoms with van der Waals surface area (Å²) in [6, 6.07) is 7.24. The largest absolute Gasteiger partial charge is 0.355 e. The second-order valence-corrected chi connectivity index (χ2v) is 6.53. The Hall–Kier alpha value is -1.92. The molecule has 2 atom stereocenters. The summed E-state index contributed by atoms with van der Waals surface area (Å²) in [7, 11) is 0.